The van der Waals surface area contributed by atoms with Crippen LogP contribution in [0.1, 0.15) is 96.8 Å². The van der Waals surface area contributed by atoms with Crippen molar-refractivity contribution in [2.75, 3.05) is 6.54 Å². The van der Waals surface area contributed by atoms with Crippen molar-refractivity contribution in [1.29, 1.82) is 0 Å². The molecule has 4 atom stereocenters. The van der Waals surface area contributed by atoms with Crippen molar-refractivity contribution < 1.29 is 9.59 Å². The summed E-state index contributed by atoms with van der Waals surface area (Å²) < 4.78 is 0. The number of fused-ring (bicyclic) bond motifs is 5. The maximum absolute atomic E-state index is 12.6. The van der Waals surface area contributed by atoms with Crippen LogP contribution in [0.5, 0.6) is 0 Å². The summed E-state index contributed by atoms with van der Waals surface area (Å²) in [5.74, 6) is 1.53. The van der Waals surface area contributed by atoms with Crippen molar-refractivity contribution in [3.63, 3.8) is 0 Å². The SMILES string of the molecule is CCCCCCCCCCCCCN1C(=O)C2C3CCC(C3)C2C1=O. The Labute approximate surface area is 153 Å². The fourth-order valence-corrected chi connectivity index (χ4v) is 5.62. The van der Waals surface area contributed by atoms with Crippen LogP contribution >= 0.6 is 0 Å². The minimum absolute atomic E-state index is 0.0685. The van der Waals surface area contributed by atoms with E-state index in [4.69, 9.17) is 0 Å². The van der Waals surface area contributed by atoms with Gasteiger partial charge in [0.15, 0.2) is 0 Å². The molecule has 2 aliphatic carbocycles. The molecule has 3 nitrogen and oxygen atoms in total. The minimum atomic E-state index is 0.0685. The molecule has 0 N–H and O–H groups in total. The Morgan fingerprint density at radius 2 is 1.16 bits per heavy atom. The summed E-state index contributed by atoms with van der Waals surface area (Å²) in [6.07, 6.45) is 17.8. The molecule has 0 aromatic rings. The molecule has 142 valence electrons. The summed E-state index contributed by atoms with van der Waals surface area (Å²) in [5.41, 5.74) is 0. The summed E-state index contributed by atoms with van der Waals surface area (Å²) >= 11 is 0. The van der Waals surface area contributed by atoms with Gasteiger partial charge in [-0.05, 0) is 37.5 Å². The van der Waals surface area contributed by atoms with Gasteiger partial charge < -0.3 is 0 Å². The second-order valence-corrected chi connectivity index (χ2v) is 8.75. The number of carbonyl (C=O) groups excluding carboxylic acids is 2. The zero-order valence-electron chi connectivity index (χ0n) is 16.2. The van der Waals surface area contributed by atoms with Crippen LogP contribution in [0, 0.1) is 23.7 Å². The van der Waals surface area contributed by atoms with Crippen LogP contribution in [-0.4, -0.2) is 23.3 Å². The molecule has 2 saturated carbocycles. The molecule has 3 aliphatic rings. The number of likely N-dealkylation sites (tertiary alicyclic amines) is 1. The van der Waals surface area contributed by atoms with Crippen LogP contribution in [0.3, 0.4) is 0 Å². The molecular formula is C22H37NO2. The van der Waals surface area contributed by atoms with Gasteiger partial charge >= 0.3 is 0 Å². The van der Waals surface area contributed by atoms with Crippen molar-refractivity contribution in [3.05, 3.63) is 0 Å². The van der Waals surface area contributed by atoms with Gasteiger partial charge in [0.2, 0.25) is 11.8 Å². The highest BCUT2D eigenvalue weighted by Gasteiger charge is 2.60. The standard InChI is InChI=1S/C22H37NO2/c1-2-3-4-5-6-7-8-9-10-11-12-15-23-21(24)19-17-13-14-18(16-17)20(19)22(23)25/h17-20H,2-16H2,1H3. The van der Waals surface area contributed by atoms with Gasteiger partial charge in [-0.25, -0.2) is 0 Å². The van der Waals surface area contributed by atoms with Gasteiger partial charge in [-0.1, -0.05) is 71.1 Å². The van der Waals surface area contributed by atoms with Gasteiger partial charge in [-0.3, -0.25) is 14.5 Å². The first-order chi connectivity index (χ1) is 12.2. The van der Waals surface area contributed by atoms with E-state index in [0.717, 1.165) is 19.3 Å². The molecular weight excluding hydrogens is 310 g/mol. The normalized spacial score (nSPS) is 30.5. The second-order valence-electron chi connectivity index (χ2n) is 8.75. The van der Waals surface area contributed by atoms with E-state index >= 15 is 0 Å². The van der Waals surface area contributed by atoms with Gasteiger partial charge in [-0.2, -0.15) is 0 Å². The molecule has 0 aromatic carbocycles. The van der Waals surface area contributed by atoms with Crippen LogP contribution in [0.2, 0.25) is 0 Å². The fraction of sp³-hybridized carbons (Fsp3) is 0.909. The number of rotatable bonds is 12. The lowest BCUT2D eigenvalue weighted by molar-refractivity contribution is -0.140. The van der Waals surface area contributed by atoms with Crippen LogP contribution in [0.4, 0.5) is 0 Å². The smallest absolute Gasteiger partial charge is 0.233 e. The highest BCUT2D eigenvalue weighted by atomic mass is 16.2. The second kappa shape index (κ2) is 9.19. The van der Waals surface area contributed by atoms with Gasteiger partial charge in [0.1, 0.15) is 0 Å². The van der Waals surface area contributed by atoms with E-state index in [1.54, 1.807) is 4.90 Å². The molecule has 3 rings (SSSR count). The van der Waals surface area contributed by atoms with Crippen LogP contribution < -0.4 is 0 Å². The van der Waals surface area contributed by atoms with Gasteiger partial charge in [-0.15, -0.1) is 0 Å². The summed E-state index contributed by atoms with van der Waals surface area (Å²) in [5, 5.41) is 0. The average Bonchev–Trinajstić information content (AvgIpc) is 3.28. The van der Waals surface area contributed by atoms with Gasteiger partial charge in [0.25, 0.3) is 0 Å². The number of nitrogens with zero attached hydrogens (tertiary/aromatic N) is 1. The van der Waals surface area contributed by atoms with Crippen molar-refractivity contribution in [2.24, 2.45) is 23.7 Å². The fourth-order valence-electron chi connectivity index (χ4n) is 5.62. The van der Waals surface area contributed by atoms with E-state index in [-0.39, 0.29) is 23.7 Å². The zero-order valence-corrected chi connectivity index (χ0v) is 16.2. The first kappa shape index (κ1) is 18.9. The Kier molecular flexibility index (Phi) is 6.95. The van der Waals surface area contributed by atoms with E-state index in [2.05, 4.69) is 6.92 Å². The average molecular weight is 348 g/mol. The topological polar surface area (TPSA) is 37.4 Å². The first-order valence-electron chi connectivity index (χ1n) is 11.1. The third-order valence-electron chi connectivity index (χ3n) is 7.00. The van der Waals surface area contributed by atoms with E-state index in [1.807, 2.05) is 0 Å². The molecule has 2 amide bonds. The highest BCUT2D eigenvalue weighted by Crippen LogP contribution is 2.56. The monoisotopic (exact) mass is 347 g/mol. The van der Waals surface area contributed by atoms with E-state index in [1.165, 1.54) is 70.6 Å². The van der Waals surface area contributed by atoms with Crippen LogP contribution in [0.15, 0.2) is 0 Å². The van der Waals surface area contributed by atoms with Crippen molar-refractivity contribution in [2.45, 2.75) is 96.8 Å². The maximum atomic E-state index is 12.6. The summed E-state index contributed by atoms with van der Waals surface area (Å²) in [4.78, 5) is 26.8. The van der Waals surface area contributed by atoms with E-state index < -0.39 is 0 Å². The van der Waals surface area contributed by atoms with Crippen LogP contribution in [0.25, 0.3) is 0 Å². The molecule has 0 aromatic heterocycles. The Balaban J connectivity index is 1.24. The number of unbranched alkanes of at least 4 members (excludes halogenated alkanes) is 10. The lowest BCUT2D eigenvalue weighted by Crippen LogP contribution is -2.33. The molecule has 3 heteroatoms. The largest absolute Gasteiger partial charge is 0.282 e. The number of hydrogen-bond acceptors (Lipinski definition) is 2. The molecule has 0 spiro atoms. The van der Waals surface area contributed by atoms with Gasteiger partial charge in [0.05, 0.1) is 11.8 Å². The molecule has 1 saturated heterocycles. The molecule has 0 radical (unpaired) electrons. The van der Waals surface area contributed by atoms with Crippen molar-refractivity contribution >= 4 is 11.8 Å². The van der Waals surface area contributed by atoms with Crippen molar-refractivity contribution in [1.82, 2.24) is 4.90 Å². The predicted molar refractivity (Wildman–Crippen MR) is 101 cm³/mol. The number of amides is 2. The predicted octanol–water partition coefficient (Wildman–Crippen LogP) is 5.33. The van der Waals surface area contributed by atoms with Crippen LogP contribution in [-0.2, 0) is 9.59 Å². The van der Waals surface area contributed by atoms with Gasteiger partial charge in [0, 0.05) is 6.54 Å². The molecule has 1 heterocycles. The summed E-state index contributed by atoms with van der Waals surface area (Å²) in [7, 11) is 0. The van der Waals surface area contributed by atoms with E-state index in [0.29, 0.717) is 18.4 Å². The molecule has 2 bridgehead atoms. The highest BCUT2D eigenvalue weighted by molar-refractivity contribution is 6.06. The molecule has 25 heavy (non-hydrogen) atoms. The maximum Gasteiger partial charge on any atom is 0.233 e. The first-order valence-corrected chi connectivity index (χ1v) is 11.1. The Morgan fingerprint density at radius 1 is 0.720 bits per heavy atom. The molecule has 3 fully saturated rings. The third kappa shape index (κ3) is 4.28. The summed E-state index contributed by atoms with van der Waals surface area (Å²) in [6.45, 7) is 2.95. The lowest BCUT2D eigenvalue weighted by Gasteiger charge is -2.19. The molecule has 1 aliphatic heterocycles. The van der Waals surface area contributed by atoms with Crippen molar-refractivity contribution in [3.8, 4) is 0 Å². The third-order valence-corrected chi connectivity index (χ3v) is 7.00. The molecule has 4 unspecified atom stereocenters. The Morgan fingerprint density at radius 3 is 1.64 bits per heavy atom. The zero-order chi connectivity index (χ0) is 17.6. The lowest BCUT2D eigenvalue weighted by atomic mass is 9.81. The number of carbonyl (C=O) groups is 2. The number of imide groups is 1. The quantitative estimate of drug-likeness (QED) is 0.353. The number of hydrogen-bond donors (Lipinski definition) is 0. The Hall–Kier alpha value is -0.860. The minimum Gasteiger partial charge on any atom is -0.282 e. The van der Waals surface area contributed by atoms with E-state index in [9.17, 15) is 9.59 Å². The Bertz CT molecular complexity index is 433. The summed E-state index contributed by atoms with van der Waals surface area (Å²) in [6, 6.07) is 0.